The topological polar surface area (TPSA) is 79.3 Å². The van der Waals surface area contributed by atoms with Gasteiger partial charge in [-0.15, -0.1) is 0 Å². The van der Waals surface area contributed by atoms with E-state index in [0.29, 0.717) is 17.5 Å². The van der Waals surface area contributed by atoms with Gasteiger partial charge in [0.15, 0.2) is 5.69 Å². The SMILES string of the molecule is CNC(=O)[C@@H](NC(=O)c1nc(Cl)n2c1CN(C)CCC2)C(C)(C)C. The Kier molecular flexibility index (Phi) is 5.55. The molecule has 7 nitrogen and oxygen atoms in total. The van der Waals surface area contributed by atoms with Crippen LogP contribution in [-0.2, 0) is 17.9 Å². The number of aromatic nitrogens is 2. The number of imidazole rings is 1. The van der Waals surface area contributed by atoms with Crippen LogP contribution in [0.3, 0.4) is 0 Å². The van der Waals surface area contributed by atoms with E-state index >= 15 is 0 Å². The molecule has 24 heavy (non-hydrogen) atoms. The third-order valence-electron chi connectivity index (χ3n) is 4.23. The second-order valence-electron chi connectivity index (χ2n) is 7.31. The summed E-state index contributed by atoms with van der Waals surface area (Å²) < 4.78 is 1.88. The van der Waals surface area contributed by atoms with Crippen molar-refractivity contribution in [2.24, 2.45) is 5.41 Å². The number of hydrogen-bond acceptors (Lipinski definition) is 4. The zero-order valence-corrected chi connectivity index (χ0v) is 15.7. The lowest BCUT2D eigenvalue weighted by Gasteiger charge is -2.29. The number of hydrogen-bond donors (Lipinski definition) is 2. The summed E-state index contributed by atoms with van der Waals surface area (Å²) in [6.45, 7) is 7.98. The standard InChI is InChI=1S/C16H26ClN5O2/c1-16(2,3)12(14(24)18-4)20-13(23)11-10-9-21(5)7-6-8-22(10)15(17)19-11/h12H,6-9H2,1-5H3,(H,18,24)(H,20,23)/t12-/m1/s1. The molecular weight excluding hydrogens is 330 g/mol. The number of carbonyl (C=O) groups excluding carboxylic acids is 2. The molecule has 1 aromatic heterocycles. The van der Waals surface area contributed by atoms with Crippen molar-refractivity contribution >= 4 is 23.4 Å². The zero-order valence-electron chi connectivity index (χ0n) is 14.9. The molecule has 2 rings (SSSR count). The molecule has 1 aliphatic heterocycles. The molecule has 0 saturated heterocycles. The second kappa shape index (κ2) is 7.11. The number of nitrogens with one attached hydrogen (secondary N) is 2. The fraction of sp³-hybridized carbons (Fsp3) is 0.688. The zero-order chi connectivity index (χ0) is 18.1. The highest BCUT2D eigenvalue weighted by Gasteiger charge is 2.34. The number of rotatable bonds is 3. The second-order valence-corrected chi connectivity index (χ2v) is 7.64. The molecular formula is C16H26ClN5O2. The van der Waals surface area contributed by atoms with Crippen LogP contribution in [0.25, 0.3) is 0 Å². The average Bonchev–Trinajstić information content (AvgIpc) is 2.68. The van der Waals surface area contributed by atoms with E-state index in [1.807, 2.05) is 32.4 Å². The first-order chi connectivity index (χ1) is 11.1. The smallest absolute Gasteiger partial charge is 0.272 e. The molecule has 0 radical (unpaired) electrons. The Morgan fingerprint density at radius 1 is 1.29 bits per heavy atom. The molecule has 2 amide bonds. The van der Waals surface area contributed by atoms with Gasteiger partial charge in [0.05, 0.1) is 5.69 Å². The van der Waals surface area contributed by atoms with Crippen molar-refractivity contribution < 1.29 is 9.59 Å². The van der Waals surface area contributed by atoms with Crippen LogP contribution in [0.1, 0.15) is 43.4 Å². The van der Waals surface area contributed by atoms with Gasteiger partial charge in [0, 0.05) is 20.1 Å². The molecule has 2 heterocycles. The minimum atomic E-state index is -0.658. The fourth-order valence-corrected chi connectivity index (χ4v) is 3.15. The molecule has 0 saturated carbocycles. The number of amides is 2. The summed E-state index contributed by atoms with van der Waals surface area (Å²) in [6, 6.07) is -0.658. The van der Waals surface area contributed by atoms with Gasteiger partial charge in [0.1, 0.15) is 6.04 Å². The Hall–Kier alpha value is -1.60. The molecule has 1 aromatic rings. The van der Waals surface area contributed by atoms with E-state index in [-0.39, 0.29) is 11.8 Å². The quantitative estimate of drug-likeness (QED) is 0.855. The highest BCUT2D eigenvalue weighted by molar-refractivity contribution is 6.28. The molecule has 0 aliphatic carbocycles. The van der Waals surface area contributed by atoms with Gasteiger partial charge in [-0.05, 0) is 37.0 Å². The summed E-state index contributed by atoms with van der Waals surface area (Å²) in [5.41, 5.74) is 0.668. The number of nitrogens with zero attached hydrogens (tertiary/aromatic N) is 3. The van der Waals surface area contributed by atoms with Crippen LogP contribution < -0.4 is 10.6 Å². The van der Waals surface area contributed by atoms with Gasteiger partial charge in [-0.25, -0.2) is 4.98 Å². The van der Waals surface area contributed by atoms with E-state index in [1.54, 1.807) is 7.05 Å². The molecule has 0 aromatic carbocycles. The minimum absolute atomic E-state index is 0.232. The Balaban J connectivity index is 2.31. The largest absolute Gasteiger partial charge is 0.357 e. The van der Waals surface area contributed by atoms with Crippen molar-refractivity contribution in [3.05, 3.63) is 16.7 Å². The summed E-state index contributed by atoms with van der Waals surface area (Å²) in [6.07, 6.45) is 0.948. The van der Waals surface area contributed by atoms with E-state index in [9.17, 15) is 9.59 Å². The highest BCUT2D eigenvalue weighted by atomic mass is 35.5. The maximum atomic E-state index is 12.8. The molecule has 2 N–H and O–H groups in total. The van der Waals surface area contributed by atoms with Crippen molar-refractivity contribution in [1.29, 1.82) is 0 Å². The minimum Gasteiger partial charge on any atom is -0.357 e. The van der Waals surface area contributed by atoms with Crippen LogP contribution in [-0.4, -0.2) is 52.9 Å². The van der Waals surface area contributed by atoms with Crippen LogP contribution in [0.2, 0.25) is 5.28 Å². The van der Waals surface area contributed by atoms with Crippen LogP contribution in [0.15, 0.2) is 0 Å². The third-order valence-corrected chi connectivity index (χ3v) is 4.52. The van der Waals surface area contributed by atoms with Gasteiger partial charge in [0.2, 0.25) is 11.2 Å². The van der Waals surface area contributed by atoms with Gasteiger partial charge in [-0.1, -0.05) is 20.8 Å². The van der Waals surface area contributed by atoms with Crippen LogP contribution in [0, 0.1) is 5.41 Å². The Morgan fingerprint density at radius 3 is 2.54 bits per heavy atom. The van der Waals surface area contributed by atoms with Crippen molar-refractivity contribution in [2.45, 2.75) is 46.3 Å². The van der Waals surface area contributed by atoms with Gasteiger partial charge >= 0.3 is 0 Å². The molecule has 1 atom stereocenters. The Labute approximate surface area is 147 Å². The van der Waals surface area contributed by atoms with Gasteiger partial charge in [0.25, 0.3) is 5.91 Å². The van der Waals surface area contributed by atoms with E-state index < -0.39 is 11.5 Å². The lowest BCUT2D eigenvalue weighted by Crippen LogP contribution is -2.53. The first kappa shape index (κ1) is 18.7. The van der Waals surface area contributed by atoms with Crippen molar-refractivity contribution in [3.63, 3.8) is 0 Å². The molecule has 8 heteroatoms. The van der Waals surface area contributed by atoms with Gasteiger partial charge in [-0.3, -0.25) is 9.59 Å². The van der Waals surface area contributed by atoms with Crippen molar-refractivity contribution in [3.8, 4) is 0 Å². The predicted octanol–water partition coefficient (Wildman–Crippen LogP) is 1.26. The fourth-order valence-electron chi connectivity index (χ4n) is 2.88. The van der Waals surface area contributed by atoms with E-state index in [4.69, 9.17) is 11.6 Å². The molecule has 0 fully saturated rings. The first-order valence-corrected chi connectivity index (χ1v) is 8.49. The molecule has 1 aliphatic rings. The predicted molar refractivity (Wildman–Crippen MR) is 93.0 cm³/mol. The van der Waals surface area contributed by atoms with Gasteiger partial charge in [-0.2, -0.15) is 0 Å². The molecule has 0 bridgehead atoms. The number of fused-ring (bicyclic) bond motifs is 1. The van der Waals surface area contributed by atoms with E-state index in [0.717, 1.165) is 25.2 Å². The van der Waals surface area contributed by atoms with Crippen molar-refractivity contribution in [2.75, 3.05) is 20.6 Å². The van der Waals surface area contributed by atoms with Crippen LogP contribution in [0.5, 0.6) is 0 Å². The molecule has 134 valence electrons. The highest BCUT2D eigenvalue weighted by Crippen LogP contribution is 2.23. The van der Waals surface area contributed by atoms with E-state index in [2.05, 4.69) is 20.5 Å². The first-order valence-electron chi connectivity index (χ1n) is 8.11. The summed E-state index contributed by atoms with van der Waals surface area (Å²) in [4.78, 5) is 31.3. The third kappa shape index (κ3) is 3.89. The number of halogens is 1. The lowest BCUT2D eigenvalue weighted by atomic mass is 9.86. The summed E-state index contributed by atoms with van der Waals surface area (Å²) in [5, 5.41) is 5.74. The number of carbonyl (C=O) groups is 2. The average molecular weight is 356 g/mol. The lowest BCUT2D eigenvalue weighted by molar-refractivity contribution is -0.124. The molecule has 0 spiro atoms. The normalized spacial score (nSPS) is 16.9. The summed E-state index contributed by atoms with van der Waals surface area (Å²) in [7, 11) is 3.56. The summed E-state index contributed by atoms with van der Waals surface area (Å²) in [5.74, 6) is -0.603. The van der Waals surface area contributed by atoms with Crippen LogP contribution >= 0.6 is 11.6 Å². The monoisotopic (exact) mass is 355 g/mol. The van der Waals surface area contributed by atoms with E-state index in [1.165, 1.54) is 0 Å². The maximum Gasteiger partial charge on any atom is 0.272 e. The van der Waals surface area contributed by atoms with Crippen molar-refractivity contribution in [1.82, 2.24) is 25.1 Å². The van der Waals surface area contributed by atoms with Crippen LogP contribution in [0.4, 0.5) is 0 Å². The Bertz CT molecular complexity index is 635. The number of likely N-dealkylation sites (N-methyl/N-ethyl adjacent to an activating group) is 1. The summed E-state index contributed by atoms with van der Waals surface area (Å²) >= 11 is 6.22. The molecule has 0 unspecified atom stereocenters. The maximum absolute atomic E-state index is 12.8. The Morgan fingerprint density at radius 2 is 1.96 bits per heavy atom. The van der Waals surface area contributed by atoms with Gasteiger partial charge < -0.3 is 20.1 Å².